The van der Waals surface area contributed by atoms with Crippen molar-refractivity contribution in [3.8, 4) is 5.75 Å². The molecule has 2 aliphatic rings. The van der Waals surface area contributed by atoms with Gasteiger partial charge < -0.3 is 20.1 Å². The Labute approximate surface area is 232 Å². The number of fused-ring (bicyclic) bond motifs is 2. The lowest BCUT2D eigenvalue weighted by molar-refractivity contribution is -0.149. The number of rotatable bonds is 7. The van der Waals surface area contributed by atoms with Crippen LogP contribution in [0.3, 0.4) is 0 Å². The van der Waals surface area contributed by atoms with Crippen LogP contribution in [0.15, 0.2) is 56.8 Å². The molecule has 3 heterocycles. The molecule has 3 aromatic rings. The number of carbonyl (C=O) groups is 4. The van der Waals surface area contributed by atoms with Gasteiger partial charge in [0.15, 0.2) is 6.61 Å². The normalized spacial score (nSPS) is 20.2. The largest absolute Gasteiger partial charge is 0.483 e. The highest BCUT2D eigenvalue weighted by atomic mass is 79.9. The lowest BCUT2D eigenvalue weighted by atomic mass is 9.82. The number of carboxylic acid groups (broad SMARTS) is 1. The van der Waals surface area contributed by atoms with Gasteiger partial charge in [0.1, 0.15) is 17.5 Å². The van der Waals surface area contributed by atoms with E-state index in [1.807, 2.05) is 25.1 Å². The molecule has 3 atom stereocenters. The van der Waals surface area contributed by atoms with E-state index in [2.05, 4.69) is 26.2 Å². The summed E-state index contributed by atoms with van der Waals surface area (Å²) in [6.45, 7) is 0.835. The quantitative estimate of drug-likeness (QED) is 0.343. The Bertz CT molecular complexity index is 1540. The fraction of sp³-hybridized carbons (Fsp3) is 0.240. The van der Waals surface area contributed by atoms with E-state index in [-0.39, 0.29) is 11.5 Å². The summed E-state index contributed by atoms with van der Waals surface area (Å²) in [5.41, 5.74) is 2.10. The Morgan fingerprint density at radius 2 is 1.95 bits per heavy atom. The monoisotopic (exact) mass is 617 g/mol. The third-order valence-corrected chi connectivity index (χ3v) is 9.07. The van der Waals surface area contributed by atoms with Gasteiger partial charge in [-0.3, -0.25) is 28.9 Å². The number of hydrogen-bond donors (Lipinski definition) is 3. The molecule has 0 spiro atoms. The van der Waals surface area contributed by atoms with Crippen LogP contribution in [0.5, 0.6) is 5.75 Å². The van der Waals surface area contributed by atoms with Crippen LogP contribution < -0.4 is 14.9 Å². The van der Waals surface area contributed by atoms with Gasteiger partial charge in [-0.1, -0.05) is 51.2 Å². The van der Waals surface area contributed by atoms with Gasteiger partial charge in [-0.25, -0.2) is 0 Å². The standard InChI is InChI=1S/C25H20BrN3O7S2/c1-11-3-2-4-13(7-11)27-16(30)10-36-15-6-5-12(26)8-14(15)18-19-21(37-22-20(18)38-25(35)28-22)24(34)29(23(19)33)9-17(31)32/h2-8,18-19,21H,9-10H2,1H3,(H,27,30)(H,28,35)(H,31,32)/t18-,19?,21?/m0/s1. The third kappa shape index (κ3) is 5.00. The molecule has 0 aliphatic carbocycles. The Morgan fingerprint density at radius 3 is 2.68 bits per heavy atom. The second-order valence-electron chi connectivity index (χ2n) is 8.79. The number of carbonyl (C=O) groups excluding carboxylic acids is 3. The minimum atomic E-state index is -1.30. The van der Waals surface area contributed by atoms with Gasteiger partial charge in [0.25, 0.3) is 5.91 Å². The number of aromatic amines is 1. The minimum absolute atomic E-state index is 0.298. The van der Waals surface area contributed by atoms with E-state index in [0.717, 1.165) is 33.6 Å². The van der Waals surface area contributed by atoms with Crippen molar-refractivity contribution in [3.63, 3.8) is 0 Å². The Hall–Kier alpha value is -3.42. The van der Waals surface area contributed by atoms with Crippen molar-refractivity contribution in [2.75, 3.05) is 18.5 Å². The molecular formula is C25H20BrN3O7S2. The van der Waals surface area contributed by atoms with E-state index in [9.17, 15) is 29.1 Å². The molecule has 5 rings (SSSR count). The highest BCUT2D eigenvalue weighted by molar-refractivity contribution is 9.10. The number of nitrogens with one attached hydrogen (secondary N) is 2. The van der Waals surface area contributed by atoms with Gasteiger partial charge in [-0.2, -0.15) is 0 Å². The molecule has 3 amide bonds. The number of halogens is 1. The van der Waals surface area contributed by atoms with E-state index in [1.165, 1.54) is 0 Å². The van der Waals surface area contributed by atoms with Gasteiger partial charge in [0.05, 0.1) is 10.9 Å². The second-order valence-corrected chi connectivity index (χ2v) is 11.9. The van der Waals surface area contributed by atoms with E-state index < -0.39 is 47.3 Å². The van der Waals surface area contributed by atoms with Gasteiger partial charge in [0, 0.05) is 26.5 Å². The lowest BCUT2D eigenvalue weighted by Gasteiger charge is -2.31. The number of amides is 3. The average Bonchev–Trinajstić information content (AvgIpc) is 3.33. The first-order valence-corrected chi connectivity index (χ1v) is 13.9. The summed E-state index contributed by atoms with van der Waals surface area (Å²) in [6, 6.07) is 12.4. The summed E-state index contributed by atoms with van der Waals surface area (Å²) in [7, 11) is 0. The van der Waals surface area contributed by atoms with Gasteiger partial charge in [-0.05, 0) is 42.8 Å². The predicted molar refractivity (Wildman–Crippen MR) is 144 cm³/mol. The van der Waals surface area contributed by atoms with Crippen molar-refractivity contribution in [1.82, 2.24) is 9.88 Å². The van der Waals surface area contributed by atoms with Crippen molar-refractivity contribution in [2.24, 2.45) is 5.92 Å². The Kier molecular flexibility index (Phi) is 7.16. The smallest absolute Gasteiger partial charge is 0.323 e. The number of aryl methyl sites for hydroxylation is 1. The second kappa shape index (κ2) is 10.4. The van der Waals surface area contributed by atoms with Crippen LogP contribution in [0.4, 0.5) is 5.69 Å². The maximum Gasteiger partial charge on any atom is 0.323 e. The molecule has 13 heteroatoms. The van der Waals surface area contributed by atoms with Gasteiger partial charge >= 0.3 is 10.8 Å². The number of likely N-dealkylation sites (tertiary alicyclic amines) is 1. The number of aromatic nitrogens is 1. The molecule has 196 valence electrons. The maximum atomic E-state index is 13.4. The summed E-state index contributed by atoms with van der Waals surface area (Å²) in [4.78, 5) is 66.4. The summed E-state index contributed by atoms with van der Waals surface area (Å²) < 4.78 is 6.56. The van der Waals surface area contributed by atoms with Crippen LogP contribution in [-0.2, 0) is 19.2 Å². The van der Waals surface area contributed by atoms with E-state index in [0.29, 0.717) is 31.4 Å². The molecule has 2 unspecified atom stereocenters. The van der Waals surface area contributed by atoms with Crippen LogP contribution in [0, 0.1) is 12.8 Å². The molecule has 0 bridgehead atoms. The number of H-pyrrole nitrogens is 1. The van der Waals surface area contributed by atoms with Crippen LogP contribution in [0.2, 0.25) is 0 Å². The average molecular weight is 618 g/mol. The fourth-order valence-corrected chi connectivity index (χ4v) is 7.56. The molecule has 3 N–H and O–H groups in total. The number of hydrogen-bond acceptors (Lipinski definition) is 8. The van der Waals surface area contributed by atoms with Gasteiger partial charge in [0.2, 0.25) is 11.8 Å². The molecule has 1 fully saturated rings. The third-order valence-electron chi connectivity index (χ3n) is 6.18. The van der Waals surface area contributed by atoms with Crippen molar-refractivity contribution in [2.45, 2.75) is 23.1 Å². The first-order chi connectivity index (χ1) is 18.1. The van der Waals surface area contributed by atoms with Crippen LogP contribution in [-0.4, -0.2) is 57.1 Å². The minimum Gasteiger partial charge on any atom is -0.483 e. The highest BCUT2D eigenvalue weighted by Gasteiger charge is 2.56. The van der Waals surface area contributed by atoms with E-state index in [1.54, 1.807) is 24.3 Å². The molecule has 2 aliphatic heterocycles. The number of imide groups is 1. The number of thioether (sulfide) groups is 1. The van der Waals surface area contributed by atoms with Crippen molar-refractivity contribution >= 4 is 68.4 Å². The fourth-order valence-electron chi connectivity index (χ4n) is 4.66. The number of ether oxygens (including phenoxy) is 1. The molecule has 1 saturated heterocycles. The maximum absolute atomic E-state index is 13.4. The summed E-state index contributed by atoms with van der Waals surface area (Å²) >= 11 is 5.41. The SMILES string of the molecule is Cc1cccc(NC(=O)COc2ccc(Br)cc2[C@@H]2c3sc(=O)[nH]c3SC3C(=O)N(CC(=O)O)C(=O)C32)c1. The molecular weight excluding hydrogens is 598 g/mol. The number of benzene rings is 2. The van der Waals surface area contributed by atoms with Crippen LogP contribution in [0.25, 0.3) is 0 Å². The molecule has 38 heavy (non-hydrogen) atoms. The number of anilines is 1. The topological polar surface area (TPSA) is 146 Å². The molecule has 0 saturated carbocycles. The Balaban J connectivity index is 1.49. The van der Waals surface area contributed by atoms with Crippen molar-refractivity contribution < 1.29 is 29.0 Å². The molecule has 1 aromatic heterocycles. The van der Waals surface area contributed by atoms with Gasteiger partial charge in [-0.15, -0.1) is 0 Å². The van der Waals surface area contributed by atoms with Crippen LogP contribution >= 0.6 is 39.0 Å². The molecule has 0 radical (unpaired) electrons. The zero-order valence-electron chi connectivity index (χ0n) is 19.7. The predicted octanol–water partition coefficient (Wildman–Crippen LogP) is 3.20. The van der Waals surface area contributed by atoms with E-state index >= 15 is 0 Å². The first kappa shape index (κ1) is 26.2. The summed E-state index contributed by atoms with van der Waals surface area (Å²) in [5.74, 6) is -4.38. The lowest BCUT2D eigenvalue weighted by Crippen LogP contribution is -2.36. The number of carboxylic acids is 1. The Morgan fingerprint density at radius 1 is 1.16 bits per heavy atom. The molecule has 2 aromatic carbocycles. The van der Waals surface area contributed by atoms with Crippen molar-refractivity contribution in [3.05, 3.63) is 72.6 Å². The summed E-state index contributed by atoms with van der Waals surface area (Å²) in [6.07, 6.45) is 0. The van der Waals surface area contributed by atoms with Crippen LogP contribution in [0.1, 0.15) is 21.9 Å². The highest BCUT2D eigenvalue weighted by Crippen LogP contribution is 2.54. The van der Waals surface area contributed by atoms with E-state index in [4.69, 9.17) is 4.74 Å². The first-order valence-electron chi connectivity index (χ1n) is 11.4. The van der Waals surface area contributed by atoms with Crippen molar-refractivity contribution in [1.29, 1.82) is 0 Å². The number of nitrogens with zero attached hydrogens (tertiary/aromatic N) is 1. The zero-order chi connectivity index (χ0) is 27.1. The zero-order valence-corrected chi connectivity index (χ0v) is 22.9. The number of thiazole rings is 1. The molecule has 10 nitrogen and oxygen atoms in total. The number of aliphatic carboxylic acids is 1. The summed E-state index contributed by atoms with van der Waals surface area (Å²) in [5, 5.41) is 11.6.